The Bertz CT molecular complexity index is 525. The number of rotatable bonds is 8. The average molecular weight is 324 g/mol. The fraction of sp³-hybridized carbons (Fsp3) is 0.562. The number of amides is 2. The highest BCUT2D eigenvalue weighted by molar-refractivity contribution is 5.97. The van der Waals surface area contributed by atoms with Gasteiger partial charge in [-0.15, -0.1) is 0 Å². The SMILES string of the molecule is CCOC(=O)CN(CC(C)C)C(=O)C(C)NC(=O)c1ccoc1. The molecule has 0 aromatic carbocycles. The van der Waals surface area contributed by atoms with E-state index < -0.39 is 17.9 Å². The smallest absolute Gasteiger partial charge is 0.325 e. The summed E-state index contributed by atoms with van der Waals surface area (Å²) < 4.78 is 9.73. The molecule has 0 radical (unpaired) electrons. The first-order chi connectivity index (χ1) is 10.8. The summed E-state index contributed by atoms with van der Waals surface area (Å²) in [4.78, 5) is 37.5. The van der Waals surface area contributed by atoms with E-state index in [1.54, 1.807) is 13.8 Å². The Morgan fingerprint density at radius 1 is 1.30 bits per heavy atom. The lowest BCUT2D eigenvalue weighted by molar-refractivity contribution is -0.149. The summed E-state index contributed by atoms with van der Waals surface area (Å²) >= 11 is 0. The minimum Gasteiger partial charge on any atom is -0.472 e. The van der Waals surface area contributed by atoms with E-state index in [0.717, 1.165) is 0 Å². The lowest BCUT2D eigenvalue weighted by Crippen LogP contribution is -2.49. The van der Waals surface area contributed by atoms with Crippen molar-refractivity contribution < 1.29 is 23.5 Å². The highest BCUT2D eigenvalue weighted by Crippen LogP contribution is 2.05. The number of carbonyl (C=O) groups excluding carboxylic acids is 3. The van der Waals surface area contributed by atoms with Crippen LogP contribution >= 0.6 is 0 Å². The molecule has 7 nitrogen and oxygen atoms in total. The monoisotopic (exact) mass is 324 g/mol. The zero-order valence-corrected chi connectivity index (χ0v) is 14.0. The maximum atomic E-state index is 12.5. The molecule has 128 valence electrons. The van der Waals surface area contributed by atoms with Gasteiger partial charge in [-0.2, -0.15) is 0 Å². The summed E-state index contributed by atoms with van der Waals surface area (Å²) in [6.45, 7) is 7.72. The van der Waals surface area contributed by atoms with Gasteiger partial charge in [-0.1, -0.05) is 13.8 Å². The van der Waals surface area contributed by atoms with Crippen molar-refractivity contribution in [3.8, 4) is 0 Å². The lowest BCUT2D eigenvalue weighted by atomic mass is 10.1. The van der Waals surface area contributed by atoms with Crippen LogP contribution in [0.1, 0.15) is 38.1 Å². The van der Waals surface area contributed by atoms with Gasteiger partial charge < -0.3 is 19.4 Å². The fourth-order valence-electron chi connectivity index (χ4n) is 2.04. The molecule has 1 aromatic heterocycles. The molecule has 0 aliphatic carbocycles. The third-order valence-electron chi connectivity index (χ3n) is 3.02. The van der Waals surface area contributed by atoms with Gasteiger partial charge in [0.15, 0.2) is 0 Å². The Morgan fingerprint density at radius 2 is 2.00 bits per heavy atom. The number of carbonyl (C=O) groups is 3. The third kappa shape index (κ3) is 6.14. The van der Waals surface area contributed by atoms with E-state index in [-0.39, 0.29) is 25.0 Å². The number of hydrogen-bond acceptors (Lipinski definition) is 5. The van der Waals surface area contributed by atoms with Crippen LogP contribution in [0.25, 0.3) is 0 Å². The van der Waals surface area contributed by atoms with Gasteiger partial charge in [0.1, 0.15) is 18.8 Å². The molecule has 1 unspecified atom stereocenters. The molecule has 1 rings (SSSR count). The molecular weight excluding hydrogens is 300 g/mol. The van der Waals surface area contributed by atoms with Gasteiger partial charge in [-0.3, -0.25) is 14.4 Å². The molecule has 7 heteroatoms. The van der Waals surface area contributed by atoms with Crippen molar-refractivity contribution in [2.75, 3.05) is 19.7 Å². The number of esters is 1. The summed E-state index contributed by atoms with van der Waals surface area (Å²) in [5.74, 6) is -1.01. The highest BCUT2D eigenvalue weighted by atomic mass is 16.5. The topological polar surface area (TPSA) is 88.9 Å². The van der Waals surface area contributed by atoms with E-state index >= 15 is 0 Å². The number of nitrogens with zero attached hydrogens (tertiary/aromatic N) is 1. The molecule has 0 saturated carbocycles. The second-order valence-corrected chi connectivity index (χ2v) is 5.62. The van der Waals surface area contributed by atoms with E-state index in [9.17, 15) is 14.4 Å². The van der Waals surface area contributed by atoms with Crippen LogP contribution in [0.5, 0.6) is 0 Å². The first kappa shape index (κ1) is 18.7. The van der Waals surface area contributed by atoms with E-state index in [4.69, 9.17) is 9.15 Å². The Labute approximate surface area is 136 Å². The highest BCUT2D eigenvalue weighted by Gasteiger charge is 2.25. The molecule has 0 aliphatic heterocycles. The molecule has 1 atom stereocenters. The maximum Gasteiger partial charge on any atom is 0.325 e. The van der Waals surface area contributed by atoms with Crippen molar-refractivity contribution in [2.45, 2.75) is 33.7 Å². The largest absolute Gasteiger partial charge is 0.472 e. The van der Waals surface area contributed by atoms with Gasteiger partial charge in [-0.25, -0.2) is 0 Å². The van der Waals surface area contributed by atoms with Crippen molar-refractivity contribution in [3.63, 3.8) is 0 Å². The molecule has 0 aliphatic rings. The summed E-state index contributed by atoms with van der Waals surface area (Å²) in [6.07, 6.45) is 2.68. The van der Waals surface area contributed by atoms with Crippen LogP contribution in [0, 0.1) is 5.92 Å². The standard InChI is InChI=1S/C16H24N2O5/c1-5-23-14(19)9-18(8-11(2)3)16(21)12(4)17-15(20)13-6-7-22-10-13/h6-7,10-12H,5,8-9H2,1-4H3,(H,17,20). The average Bonchev–Trinajstić information content (AvgIpc) is 2.99. The van der Waals surface area contributed by atoms with Crippen molar-refractivity contribution in [2.24, 2.45) is 5.92 Å². The number of ether oxygens (including phenoxy) is 1. The molecule has 0 spiro atoms. The molecule has 1 N–H and O–H groups in total. The summed E-state index contributed by atoms with van der Waals surface area (Å²) in [5.41, 5.74) is 0.338. The van der Waals surface area contributed by atoms with Gasteiger partial charge in [0.25, 0.3) is 5.91 Å². The van der Waals surface area contributed by atoms with Crippen LogP contribution in [-0.4, -0.2) is 48.4 Å². The first-order valence-electron chi connectivity index (χ1n) is 7.62. The van der Waals surface area contributed by atoms with E-state index in [1.165, 1.54) is 23.5 Å². The normalized spacial score (nSPS) is 11.9. The predicted molar refractivity (Wildman–Crippen MR) is 83.7 cm³/mol. The maximum absolute atomic E-state index is 12.5. The Balaban J connectivity index is 2.70. The zero-order valence-electron chi connectivity index (χ0n) is 14.0. The molecule has 2 amide bonds. The van der Waals surface area contributed by atoms with Crippen molar-refractivity contribution in [3.05, 3.63) is 24.2 Å². The van der Waals surface area contributed by atoms with Crippen molar-refractivity contribution in [1.82, 2.24) is 10.2 Å². The summed E-state index contributed by atoms with van der Waals surface area (Å²) in [7, 11) is 0. The van der Waals surface area contributed by atoms with Gasteiger partial charge in [-0.05, 0) is 25.8 Å². The van der Waals surface area contributed by atoms with Gasteiger partial charge in [0.05, 0.1) is 18.4 Å². The van der Waals surface area contributed by atoms with Crippen LogP contribution in [-0.2, 0) is 14.3 Å². The quantitative estimate of drug-likeness (QED) is 0.731. The first-order valence-corrected chi connectivity index (χ1v) is 7.62. The minimum atomic E-state index is -0.759. The van der Waals surface area contributed by atoms with E-state index in [2.05, 4.69) is 5.32 Å². The van der Waals surface area contributed by atoms with Gasteiger partial charge >= 0.3 is 5.97 Å². The van der Waals surface area contributed by atoms with Crippen LogP contribution in [0.2, 0.25) is 0 Å². The third-order valence-corrected chi connectivity index (χ3v) is 3.02. The van der Waals surface area contributed by atoms with Gasteiger partial charge in [0.2, 0.25) is 5.91 Å². The van der Waals surface area contributed by atoms with Gasteiger partial charge in [0, 0.05) is 6.54 Å². The van der Waals surface area contributed by atoms with E-state index in [1.807, 2.05) is 13.8 Å². The second-order valence-electron chi connectivity index (χ2n) is 5.62. The zero-order chi connectivity index (χ0) is 17.4. The molecule has 23 heavy (non-hydrogen) atoms. The molecule has 0 saturated heterocycles. The number of furan rings is 1. The Hall–Kier alpha value is -2.31. The van der Waals surface area contributed by atoms with Crippen LogP contribution in [0.15, 0.2) is 23.0 Å². The molecular formula is C16H24N2O5. The van der Waals surface area contributed by atoms with Crippen LogP contribution < -0.4 is 5.32 Å². The fourth-order valence-corrected chi connectivity index (χ4v) is 2.04. The number of nitrogens with one attached hydrogen (secondary N) is 1. The van der Waals surface area contributed by atoms with Crippen molar-refractivity contribution >= 4 is 17.8 Å². The van der Waals surface area contributed by atoms with Crippen LogP contribution in [0.4, 0.5) is 0 Å². The Kier molecular flexibility index (Phi) is 7.31. The molecule has 0 bridgehead atoms. The minimum absolute atomic E-state index is 0.128. The van der Waals surface area contributed by atoms with Crippen molar-refractivity contribution in [1.29, 1.82) is 0 Å². The molecule has 1 aromatic rings. The second kappa shape index (κ2) is 8.97. The predicted octanol–water partition coefficient (Wildman–Crippen LogP) is 1.45. The van der Waals surface area contributed by atoms with Crippen LogP contribution in [0.3, 0.4) is 0 Å². The summed E-state index contributed by atoms with van der Waals surface area (Å²) in [5, 5.41) is 2.60. The summed E-state index contributed by atoms with van der Waals surface area (Å²) in [6, 6.07) is 0.752. The molecule has 0 fully saturated rings. The lowest BCUT2D eigenvalue weighted by Gasteiger charge is -2.26. The molecule has 1 heterocycles. The number of hydrogen-bond donors (Lipinski definition) is 1. The Morgan fingerprint density at radius 3 is 2.52 bits per heavy atom. The van der Waals surface area contributed by atoms with E-state index in [0.29, 0.717) is 12.1 Å².